The number of hydrogen-bond acceptors (Lipinski definition) is 4. The second-order valence-electron chi connectivity index (χ2n) is 4.48. The van der Waals surface area contributed by atoms with Gasteiger partial charge in [0, 0.05) is 13.1 Å². The fourth-order valence-corrected chi connectivity index (χ4v) is 1.86. The number of unbranched alkanes of at least 4 members (excludes halogenated alkanes) is 1. The number of oxime groups is 1. The van der Waals surface area contributed by atoms with Gasteiger partial charge in [-0.05, 0) is 25.5 Å². The van der Waals surface area contributed by atoms with Crippen LogP contribution in [-0.2, 0) is 6.18 Å². The van der Waals surface area contributed by atoms with Crippen molar-refractivity contribution in [3.63, 3.8) is 0 Å². The van der Waals surface area contributed by atoms with E-state index in [1.807, 2.05) is 13.8 Å². The van der Waals surface area contributed by atoms with Crippen LogP contribution in [0.2, 0.25) is 0 Å². The standard InChI is InChI=1S/C13H19F3N4O/c1-3-5-8-20(4-2)12-9(11(17)19-21)6-7-10(18-12)13(14,15)16/h6-7,21H,3-5,8H2,1-2H3,(H2,17,19). The highest BCUT2D eigenvalue weighted by Crippen LogP contribution is 2.30. The van der Waals surface area contributed by atoms with Crippen molar-refractivity contribution in [3.05, 3.63) is 23.4 Å². The quantitative estimate of drug-likeness (QED) is 0.367. The predicted octanol–water partition coefficient (Wildman–Crippen LogP) is 2.82. The fraction of sp³-hybridized carbons (Fsp3) is 0.538. The summed E-state index contributed by atoms with van der Waals surface area (Å²) >= 11 is 0. The normalized spacial score (nSPS) is 12.5. The SMILES string of the molecule is CCCCN(CC)c1nc(C(F)(F)F)ccc1C(N)=NO. The lowest BCUT2D eigenvalue weighted by Gasteiger charge is -2.25. The van der Waals surface area contributed by atoms with E-state index in [-0.39, 0.29) is 17.2 Å². The van der Waals surface area contributed by atoms with Crippen LogP contribution >= 0.6 is 0 Å². The topological polar surface area (TPSA) is 74.7 Å². The zero-order valence-corrected chi connectivity index (χ0v) is 12.0. The maximum absolute atomic E-state index is 12.8. The maximum Gasteiger partial charge on any atom is 0.433 e. The average Bonchev–Trinajstić information content (AvgIpc) is 2.46. The minimum atomic E-state index is -4.54. The number of halogens is 3. The van der Waals surface area contributed by atoms with Gasteiger partial charge in [-0.2, -0.15) is 13.2 Å². The summed E-state index contributed by atoms with van der Waals surface area (Å²) in [6.45, 7) is 4.82. The lowest BCUT2D eigenvalue weighted by Crippen LogP contribution is -2.29. The lowest BCUT2D eigenvalue weighted by atomic mass is 10.2. The molecule has 0 aromatic carbocycles. The smallest absolute Gasteiger partial charge is 0.409 e. The van der Waals surface area contributed by atoms with Gasteiger partial charge in [-0.25, -0.2) is 4.98 Å². The van der Waals surface area contributed by atoms with Crippen LogP contribution in [-0.4, -0.2) is 29.1 Å². The van der Waals surface area contributed by atoms with Gasteiger partial charge >= 0.3 is 6.18 Å². The number of nitrogens with two attached hydrogens (primary N) is 1. The van der Waals surface area contributed by atoms with Crippen molar-refractivity contribution < 1.29 is 18.4 Å². The first-order chi connectivity index (χ1) is 9.85. The first kappa shape index (κ1) is 17.1. The van der Waals surface area contributed by atoms with E-state index in [0.29, 0.717) is 13.1 Å². The first-order valence-corrected chi connectivity index (χ1v) is 6.66. The Morgan fingerprint density at radius 1 is 1.38 bits per heavy atom. The van der Waals surface area contributed by atoms with E-state index in [0.717, 1.165) is 18.9 Å². The van der Waals surface area contributed by atoms with Crippen LogP contribution in [0, 0.1) is 0 Å². The Balaban J connectivity index is 3.33. The van der Waals surface area contributed by atoms with Gasteiger partial charge < -0.3 is 15.8 Å². The van der Waals surface area contributed by atoms with Crippen molar-refractivity contribution in [3.8, 4) is 0 Å². The lowest BCUT2D eigenvalue weighted by molar-refractivity contribution is -0.141. The summed E-state index contributed by atoms with van der Waals surface area (Å²) in [5, 5.41) is 11.6. The molecule has 5 nitrogen and oxygen atoms in total. The molecule has 8 heteroatoms. The molecule has 118 valence electrons. The molecule has 0 amide bonds. The van der Waals surface area contributed by atoms with Gasteiger partial charge in [0.15, 0.2) is 5.84 Å². The van der Waals surface area contributed by atoms with E-state index in [2.05, 4.69) is 10.1 Å². The molecule has 0 bridgehead atoms. The first-order valence-electron chi connectivity index (χ1n) is 6.66. The number of rotatable bonds is 6. The van der Waals surface area contributed by atoms with Crippen LogP contribution in [0.1, 0.15) is 37.9 Å². The molecule has 0 spiro atoms. The summed E-state index contributed by atoms with van der Waals surface area (Å²) in [6, 6.07) is 2.00. The van der Waals surface area contributed by atoms with E-state index in [1.54, 1.807) is 4.90 Å². The molecule has 1 aromatic rings. The number of alkyl halides is 3. The Kier molecular flexibility index (Phi) is 5.80. The molecular weight excluding hydrogens is 285 g/mol. The van der Waals surface area contributed by atoms with Gasteiger partial charge in [0.2, 0.25) is 0 Å². The molecule has 0 aliphatic carbocycles. The molecule has 21 heavy (non-hydrogen) atoms. The van der Waals surface area contributed by atoms with Crippen LogP contribution < -0.4 is 10.6 Å². The van der Waals surface area contributed by atoms with Crippen LogP contribution in [0.5, 0.6) is 0 Å². The molecule has 0 radical (unpaired) electrons. The largest absolute Gasteiger partial charge is 0.433 e. The minimum Gasteiger partial charge on any atom is -0.409 e. The molecule has 0 fully saturated rings. The molecular formula is C13H19F3N4O. The highest BCUT2D eigenvalue weighted by Gasteiger charge is 2.33. The Labute approximate surface area is 121 Å². The molecule has 0 atom stereocenters. The van der Waals surface area contributed by atoms with E-state index in [4.69, 9.17) is 10.9 Å². The summed E-state index contributed by atoms with van der Waals surface area (Å²) in [7, 11) is 0. The van der Waals surface area contributed by atoms with Crippen molar-refractivity contribution >= 4 is 11.7 Å². The second kappa shape index (κ2) is 7.14. The molecule has 3 N–H and O–H groups in total. The highest BCUT2D eigenvalue weighted by molar-refractivity contribution is 6.01. The van der Waals surface area contributed by atoms with Gasteiger partial charge in [0.05, 0.1) is 5.56 Å². The summed E-state index contributed by atoms with van der Waals surface area (Å²) in [5.41, 5.74) is 4.71. The van der Waals surface area contributed by atoms with Crippen molar-refractivity contribution in [1.29, 1.82) is 0 Å². The number of amidine groups is 1. The molecule has 1 aromatic heterocycles. The third kappa shape index (κ3) is 4.24. The van der Waals surface area contributed by atoms with Crippen LogP contribution in [0.15, 0.2) is 17.3 Å². The van der Waals surface area contributed by atoms with Crippen molar-refractivity contribution in [2.75, 3.05) is 18.0 Å². The zero-order valence-electron chi connectivity index (χ0n) is 12.0. The van der Waals surface area contributed by atoms with Gasteiger partial charge in [-0.1, -0.05) is 18.5 Å². The van der Waals surface area contributed by atoms with E-state index in [9.17, 15) is 13.2 Å². The van der Waals surface area contributed by atoms with Gasteiger partial charge in [-0.3, -0.25) is 0 Å². The summed E-state index contributed by atoms with van der Waals surface area (Å²) in [5.74, 6) is -0.183. The van der Waals surface area contributed by atoms with Crippen LogP contribution in [0.4, 0.5) is 19.0 Å². The average molecular weight is 304 g/mol. The Morgan fingerprint density at radius 3 is 2.52 bits per heavy atom. The molecule has 1 rings (SSSR count). The number of pyridine rings is 1. The third-order valence-electron chi connectivity index (χ3n) is 3.01. The molecule has 0 aliphatic heterocycles. The molecule has 0 saturated carbocycles. The minimum absolute atomic E-state index is 0.0797. The number of aromatic nitrogens is 1. The van der Waals surface area contributed by atoms with Gasteiger partial charge in [-0.15, -0.1) is 0 Å². The van der Waals surface area contributed by atoms with Gasteiger partial charge in [0.1, 0.15) is 11.5 Å². The van der Waals surface area contributed by atoms with E-state index in [1.165, 1.54) is 6.07 Å². The Bertz CT molecular complexity index is 503. The summed E-state index contributed by atoms with van der Waals surface area (Å²) in [6.07, 6.45) is -2.84. The van der Waals surface area contributed by atoms with Crippen LogP contribution in [0.3, 0.4) is 0 Å². The van der Waals surface area contributed by atoms with Gasteiger partial charge in [0.25, 0.3) is 0 Å². The number of hydrogen-bond donors (Lipinski definition) is 2. The van der Waals surface area contributed by atoms with Crippen molar-refractivity contribution in [2.24, 2.45) is 10.9 Å². The molecule has 0 aliphatic rings. The molecule has 1 heterocycles. The van der Waals surface area contributed by atoms with E-state index >= 15 is 0 Å². The summed E-state index contributed by atoms with van der Waals surface area (Å²) in [4.78, 5) is 5.35. The zero-order chi connectivity index (χ0) is 16.0. The van der Waals surface area contributed by atoms with E-state index < -0.39 is 11.9 Å². The molecule has 0 saturated heterocycles. The molecule has 0 unspecified atom stereocenters. The Morgan fingerprint density at radius 2 is 2.05 bits per heavy atom. The fourth-order valence-electron chi connectivity index (χ4n) is 1.86. The third-order valence-corrected chi connectivity index (χ3v) is 3.01. The van der Waals surface area contributed by atoms with Crippen LogP contribution in [0.25, 0.3) is 0 Å². The summed E-state index contributed by atoms with van der Waals surface area (Å²) < 4.78 is 38.4. The number of anilines is 1. The Hall–Kier alpha value is -1.99. The monoisotopic (exact) mass is 304 g/mol. The van der Waals surface area contributed by atoms with Crippen molar-refractivity contribution in [1.82, 2.24) is 4.98 Å². The second-order valence-corrected chi connectivity index (χ2v) is 4.48. The van der Waals surface area contributed by atoms with Crippen molar-refractivity contribution in [2.45, 2.75) is 32.9 Å². The maximum atomic E-state index is 12.8. The number of nitrogens with zero attached hydrogens (tertiary/aromatic N) is 3. The predicted molar refractivity (Wildman–Crippen MR) is 74.5 cm³/mol. The highest BCUT2D eigenvalue weighted by atomic mass is 19.4.